The molecule has 0 saturated carbocycles. The second-order valence-corrected chi connectivity index (χ2v) is 4.00. The fourth-order valence-electron chi connectivity index (χ4n) is 2.06. The van der Waals surface area contributed by atoms with Gasteiger partial charge in [0.05, 0.1) is 5.39 Å². The predicted molar refractivity (Wildman–Crippen MR) is 62.7 cm³/mol. The highest BCUT2D eigenvalue weighted by atomic mass is 16.2. The molecule has 1 amide bonds. The van der Waals surface area contributed by atoms with Crippen LogP contribution in [0.25, 0.3) is 11.0 Å². The molecule has 1 fully saturated rings. The van der Waals surface area contributed by atoms with E-state index in [1.807, 2.05) is 11.0 Å². The monoisotopic (exact) mass is 231 g/mol. The summed E-state index contributed by atoms with van der Waals surface area (Å²) in [5.74, 6) is -0.0153. The molecule has 1 aliphatic heterocycles. The Balaban J connectivity index is 1.97. The summed E-state index contributed by atoms with van der Waals surface area (Å²) in [7, 11) is 0. The van der Waals surface area contributed by atoms with Crippen molar-refractivity contribution in [2.24, 2.45) is 0 Å². The molecular formula is C11H13N5O. The Hall–Kier alpha value is -1.95. The average Bonchev–Trinajstić information content (AvgIpc) is 2.87. The Labute approximate surface area is 98.1 Å². The smallest absolute Gasteiger partial charge is 0.273 e. The van der Waals surface area contributed by atoms with Gasteiger partial charge in [0.15, 0.2) is 0 Å². The Kier molecular flexibility index (Phi) is 2.49. The molecule has 0 radical (unpaired) electrons. The molecule has 1 aliphatic rings. The van der Waals surface area contributed by atoms with Crippen LogP contribution in [0, 0.1) is 0 Å². The van der Waals surface area contributed by atoms with Gasteiger partial charge in [0.1, 0.15) is 17.7 Å². The highest BCUT2D eigenvalue weighted by molar-refractivity contribution is 6.03. The van der Waals surface area contributed by atoms with Crippen molar-refractivity contribution < 1.29 is 4.79 Å². The number of nitrogens with one attached hydrogen (secondary N) is 2. The van der Waals surface area contributed by atoms with Gasteiger partial charge >= 0.3 is 0 Å². The minimum Gasteiger partial charge on any atom is -0.346 e. The first kappa shape index (κ1) is 10.2. The van der Waals surface area contributed by atoms with Crippen LogP contribution in [0.4, 0.5) is 0 Å². The molecule has 6 nitrogen and oxygen atoms in total. The highest BCUT2D eigenvalue weighted by Gasteiger charge is 2.21. The van der Waals surface area contributed by atoms with E-state index in [1.54, 1.807) is 6.20 Å². The lowest BCUT2D eigenvalue weighted by molar-refractivity contribution is 0.0732. The van der Waals surface area contributed by atoms with Crippen LogP contribution in [0.1, 0.15) is 10.5 Å². The van der Waals surface area contributed by atoms with E-state index < -0.39 is 0 Å². The molecule has 1 saturated heterocycles. The Morgan fingerprint density at radius 3 is 2.94 bits per heavy atom. The molecule has 2 aromatic rings. The van der Waals surface area contributed by atoms with Crippen LogP contribution in [0.3, 0.4) is 0 Å². The molecule has 0 bridgehead atoms. The summed E-state index contributed by atoms with van der Waals surface area (Å²) in [5, 5.41) is 4.01. The van der Waals surface area contributed by atoms with Crippen molar-refractivity contribution in [3.63, 3.8) is 0 Å². The quantitative estimate of drug-likeness (QED) is 0.724. The Morgan fingerprint density at radius 2 is 2.12 bits per heavy atom. The number of aromatic amines is 1. The second kappa shape index (κ2) is 4.14. The van der Waals surface area contributed by atoms with Crippen molar-refractivity contribution in [1.82, 2.24) is 25.2 Å². The van der Waals surface area contributed by atoms with E-state index in [4.69, 9.17) is 0 Å². The van der Waals surface area contributed by atoms with E-state index in [0.29, 0.717) is 11.3 Å². The van der Waals surface area contributed by atoms with E-state index in [1.165, 1.54) is 6.33 Å². The number of nitrogens with zero attached hydrogens (tertiary/aromatic N) is 3. The maximum Gasteiger partial charge on any atom is 0.273 e. The maximum absolute atomic E-state index is 12.3. The number of piperazine rings is 1. The summed E-state index contributed by atoms with van der Waals surface area (Å²) in [5.41, 5.74) is 1.19. The van der Waals surface area contributed by atoms with Crippen LogP contribution in [-0.4, -0.2) is 51.9 Å². The SMILES string of the molecule is O=C(c1ncnc2[nH]ccc12)N1CCNCC1. The maximum atomic E-state index is 12.3. The zero-order chi connectivity index (χ0) is 11.7. The Morgan fingerprint density at radius 1 is 1.29 bits per heavy atom. The third-order valence-electron chi connectivity index (χ3n) is 2.96. The standard InChI is InChI=1S/C11H13N5O/c17-11(16-5-3-12-4-6-16)9-8-1-2-13-10(8)15-7-14-9/h1-2,7,12H,3-6H2,(H,13,14,15). The van der Waals surface area contributed by atoms with Crippen LogP contribution < -0.4 is 5.32 Å². The number of H-pyrrole nitrogens is 1. The number of rotatable bonds is 1. The number of carbonyl (C=O) groups is 1. The van der Waals surface area contributed by atoms with Gasteiger partial charge in [-0.3, -0.25) is 4.79 Å². The van der Waals surface area contributed by atoms with E-state index in [2.05, 4.69) is 20.3 Å². The molecule has 2 aromatic heterocycles. The summed E-state index contributed by atoms with van der Waals surface area (Å²) >= 11 is 0. The first-order valence-electron chi connectivity index (χ1n) is 5.64. The summed E-state index contributed by atoms with van der Waals surface area (Å²) < 4.78 is 0. The average molecular weight is 231 g/mol. The molecule has 3 heterocycles. The van der Waals surface area contributed by atoms with Crippen molar-refractivity contribution >= 4 is 16.9 Å². The molecule has 88 valence electrons. The predicted octanol–water partition coefficient (Wildman–Crippen LogP) is 0.00330. The van der Waals surface area contributed by atoms with E-state index in [-0.39, 0.29) is 5.91 Å². The first-order chi connectivity index (χ1) is 8.36. The van der Waals surface area contributed by atoms with Gasteiger partial charge in [-0.15, -0.1) is 0 Å². The molecule has 0 atom stereocenters. The van der Waals surface area contributed by atoms with Crippen LogP contribution in [0.2, 0.25) is 0 Å². The van der Waals surface area contributed by atoms with Crippen molar-refractivity contribution in [3.05, 3.63) is 24.3 Å². The normalized spacial score (nSPS) is 16.4. The zero-order valence-corrected chi connectivity index (χ0v) is 9.31. The summed E-state index contributed by atoms with van der Waals surface area (Å²) in [6, 6.07) is 1.84. The third-order valence-corrected chi connectivity index (χ3v) is 2.96. The topological polar surface area (TPSA) is 73.9 Å². The van der Waals surface area contributed by atoms with Gasteiger partial charge in [-0.1, -0.05) is 0 Å². The minimum atomic E-state index is -0.0153. The van der Waals surface area contributed by atoms with Gasteiger partial charge < -0.3 is 15.2 Å². The fourth-order valence-corrected chi connectivity index (χ4v) is 2.06. The zero-order valence-electron chi connectivity index (χ0n) is 9.31. The van der Waals surface area contributed by atoms with Gasteiger partial charge in [-0.2, -0.15) is 0 Å². The van der Waals surface area contributed by atoms with E-state index >= 15 is 0 Å². The second-order valence-electron chi connectivity index (χ2n) is 4.00. The van der Waals surface area contributed by atoms with Crippen molar-refractivity contribution in [2.75, 3.05) is 26.2 Å². The number of hydrogen-bond acceptors (Lipinski definition) is 4. The van der Waals surface area contributed by atoms with Gasteiger partial charge in [-0.05, 0) is 6.07 Å². The number of hydrogen-bond donors (Lipinski definition) is 2. The van der Waals surface area contributed by atoms with Crippen LogP contribution in [-0.2, 0) is 0 Å². The molecule has 17 heavy (non-hydrogen) atoms. The van der Waals surface area contributed by atoms with Crippen molar-refractivity contribution in [3.8, 4) is 0 Å². The van der Waals surface area contributed by atoms with Crippen molar-refractivity contribution in [1.29, 1.82) is 0 Å². The summed E-state index contributed by atoms with van der Waals surface area (Å²) in [4.78, 5) is 25.3. The van der Waals surface area contributed by atoms with Gasteiger partial charge in [-0.25, -0.2) is 9.97 Å². The summed E-state index contributed by atoms with van der Waals surface area (Å²) in [6.07, 6.45) is 3.20. The molecule has 0 unspecified atom stereocenters. The molecule has 3 rings (SSSR count). The lowest BCUT2D eigenvalue weighted by atomic mass is 10.2. The molecule has 0 aromatic carbocycles. The number of amides is 1. The minimum absolute atomic E-state index is 0.0153. The van der Waals surface area contributed by atoms with E-state index in [9.17, 15) is 4.79 Å². The third kappa shape index (κ3) is 1.76. The molecule has 2 N–H and O–H groups in total. The summed E-state index contributed by atoms with van der Waals surface area (Å²) in [6.45, 7) is 3.14. The molecular weight excluding hydrogens is 218 g/mol. The van der Waals surface area contributed by atoms with Crippen LogP contribution in [0.5, 0.6) is 0 Å². The fraction of sp³-hybridized carbons (Fsp3) is 0.364. The molecule has 0 aliphatic carbocycles. The van der Waals surface area contributed by atoms with Gasteiger partial charge in [0.25, 0.3) is 5.91 Å². The lowest BCUT2D eigenvalue weighted by Crippen LogP contribution is -2.46. The Bertz CT molecular complexity index is 544. The van der Waals surface area contributed by atoms with Crippen LogP contribution >= 0.6 is 0 Å². The molecule has 0 spiro atoms. The largest absolute Gasteiger partial charge is 0.346 e. The molecule has 6 heteroatoms. The van der Waals surface area contributed by atoms with Crippen LogP contribution in [0.15, 0.2) is 18.6 Å². The number of carbonyl (C=O) groups excluding carboxylic acids is 1. The first-order valence-corrected chi connectivity index (χ1v) is 5.64. The number of aromatic nitrogens is 3. The lowest BCUT2D eigenvalue weighted by Gasteiger charge is -2.27. The van der Waals surface area contributed by atoms with Gasteiger partial charge in [0, 0.05) is 32.4 Å². The van der Waals surface area contributed by atoms with E-state index in [0.717, 1.165) is 31.6 Å². The highest BCUT2D eigenvalue weighted by Crippen LogP contribution is 2.14. The van der Waals surface area contributed by atoms with Crippen molar-refractivity contribution in [2.45, 2.75) is 0 Å². The van der Waals surface area contributed by atoms with Gasteiger partial charge in [0.2, 0.25) is 0 Å². The number of fused-ring (bicyclic) bond motifs is 1.